The lowest BCUT2D eigenvalue weighted by atomic mass is 10.0. The fourth-order valence-electron chi connectivity index (χ4n) is 4.18. The number of carbonyl (C=O) groups is 3. The van der Waals surface area contributed by atoms with E-state index in [0.717, 1.165) is 17.7 Å². The molecule has 1 atom stereocenters. The topological polar surface area (TPSA) is 107 Å². The quantitative estimate of drug-likeness (QED) is 0.0943. The first-order valence-electron chi connectivity index (χ1n) is 15.5. The standard InChI is InChI=1S/C30H59N3O7/c1-6-7-8-9-10-11-12-13-14-15-16-17-18-19-20-21-22-31-28(34)39-25-27(37-4)26-40-30(36)33(29(35)38-5)24-23-32(2)3/h27H,6-26H2,1-5H3,(H,31,34). The molecule has 0 aliphatic rings. The Hall–Kier alpha value is -2.07. The van der Waals surface area contributed by atoms with Crippen molar-refractivity contribution in [3.8, 4) is 0 Å². The summed E-state index contributed by atoms with van der Waals surface area (Å²) in [7, 11) is 6.28. The number of likely N-dealkylation sites (N-methyl/N-ethyl adjacent to an activating group) is 1. The Balaban J connectivity index is 3.76. The van der Waals surface area contributed by atoms with Crippen LogP contribution in [0.15, 0.2) is 0 Å². The van der Waals surface area contributed by atoms with Crippen molar-refractivity contribution in [1.29, 1.82) is 0 Å². The Bertz CT molecular complexity index is 634. The van der Waals surface area contributed by atoms with Gasteiger partial charge in [-0.15, -0.1) is 0 Å². The first-order valence-corrected chi connectivity index (χ1v) is 15.5. The maximum Gasteiger partial charge on any atom is 0.419 e. The molecule has 40 heavy (non-hydrogen) atoms. The number of alkyl carbamates (subject to hydrolysis) is 1. The summed E-state index contributed by atoms with van der Waals surface area (Å²) < 4.78 is 20.2. The van der Waals surface area contributed by atoms with E-state index in [1.54, 1.807) is 0 Å². The molecule has 0 spiro atoms. The van der Waals surface area contributed by atoms with Crippen LogP contribution in [0.2, 0.25) is 0 Å². The maximum absolute atomic E-state index is 12.3. The van der Waals surface area contributed by atoms with Crippen LogP contribution in [0, 0.1) is 0 Å². The molecule has 3 amide bonds. The van der Waals surface area contributed by atoms with Gasteiger partial charge in [-0.05, 0) is 20.5 Å². The fourth-order valence-corrected chi connectivity index (χ4v) is 4.18. The van der Waals surface area contributed by atoms with Gasteiger partial charge in [-0.2, -0.15) is 0 Å². The molecule has 0 aromatic heterocycles. The van der Waals surface area contributed by atoms with Crippen LogP contribution in [0.25, 0.3) is 0 Å². The molecule has 0 aromatic rings. The van der Waals surface area contributed by atoms with Crippen molar-refractivity contribution in [2.24, 2.45) is 0 Å². The van der Waals surface area contributed by atoms with Crippen molar-refractivity contribution < 1.29 is 33.3 Å². The summed E-state index contributed by atoms with van der Waals surface area (Å²) in [5.74, 6) is 0. The third-order valence-electron chi connectivity index (χ3n) is 6.81. The summed E-state index contributed by atoms with van der Waals surface area (Å²) >= 11 is 0. The molecule has 0 heterocycles. The van der Waals surface area contributed by atoms with Crippen LogP contribution in [-0.2, 0) is 18.9 Å². The normalized spacial score (nSPS) is 11.8. The van der Waals surface area contributed by atoms with Gasteiger partial charge in [-0.3, -0.25) is 0 Å². The molecule has 236 valence electrons. The van der Waals surface area contributed by atoms with Gasteiger partial charge in [0.1, 0.15) is 19.3 Å². The smallest absolute Gasteiger partial charge is 0.419 e. The summed E-state index contributed by atoms with van der Waals surface area (Å²) in [6.07, 6.45) is 18.1. The molecule has 10 heteroatoms. The van der Waals surface area contributed by atoms with Crippen molar-refractivity contribution in [2.45, 2.75) is 116 Å². The Labute approximate surface area is 243 Å². The minimum atomic E-state index is -0.844. The molecule has 0 aliphatic carbocycles. The number of nitrogens with zero attached hydrogens (tertiary/aromatic N) is 2. The summed E-state index contributed by atoms with van der Waals surface area (Å²) in [5, 5.41) is 2.75. The van der Waals surface area contributed by atoms with E-state index < -0.39 is 24.4 Å². The van der Waals surface area contributed by atoms with Crippen LogP contribution >= 0.6 is 0 Å². The average molecular weight is 574 g/mol. The van der Waals surface area contributed by atoms with E-state index in [1.807, 2.05) is 19.0 Å². The SMILES string of the molecule is CCCCCCCCCCCCCCCCCCNC(=O)OCC(COC(=O)N(CCN(C)C)C(=O)OC)OC. The molecule has 1 N–H and O–H groups in total. The van der Waals surface area contributed by atoms with Gasteiger partial charge in [0.05, 0.1) is 7.11 Å². The maximum atomic E-state index is 12.3. The van der Waals surface area contributed by atoms with Crippen LogP contribution in [-0.4, -0.2) is 95.3 Å². The van der Waals surface area contributed by atoms with Crippen LogP contribution in [0.5, 0.6) is 0 Å². The van der Waals surface area contributed by atoms with E-state index >= 15 is 0 Å². The number of nitrogens with one attached hydrogen (secondary N) is 1. The van der Waals surface area contributed by atoms with Crippen LogP contribution < -0.4 is 5.32 Å². The zero-order valence-corrected chi connectivity index (χ0v) is 26.2. The first kappa shape index (κ1) is 37.9. The van der Waals surface area contributed by atoms with Gasteiger partial charge in [0, 0.05) is 26.7 Å². The van der Waals surface area contributed by atoms with E-state index in [9.17, 15) is 14.4 Å². The third-order valence-corrected chi connectivity index (χ3v) is 6.81. The van der Waals surface area contributed by atoms with Gasteiger partial charge in [-0.25, -0.2) is 19.3 Å². The van der Waals surface area contributed by atoms with Gasteiger partial charge in [-0.1, -0.05) is 103 Å². The van der Waals surface area contributed by atoms with Crippen molar-refractivity contribution in [2.75, 3.05) is 61.2 Å². The second-order valence-electron chi connectivity index (χ2n) is 10.7. The monoisotopic (exact) mass is 573 g/mol. The van der Waals surface area contributed by atoms with E-state index in [2.05, 4.69) is 17.0 Å². The highest BCUT2D eigenvalue weighted by Gasteiger charge is 2.25. The molecule has 0 aromatic carbocycles. The molecule has 0 bridgehead atoms. The van der Waals surface area contributed by atoms with Crippen LogP contribution in [0.1, 0.15) is 110 Å². The lowest BCUT2D eigenvalue weighted by molar-refractivity contribution is -0.0109. The first-order chi connectivity index (χ1) is 19.3. The van der Waals surface area contributed by atoms with E-state index in [4.69, 9.17) is 14.2 Å². The third kappa shape index (κ3) is 22.7. The predicted octanol–water partition coefficient (Wildman–Crippen LogP) is 6.76. The van der Waals surface area contributed by atoms with Gasteiger partial charge < -0.3 is 29.2 Å². The van der Waals surface area contributed by atoms with Gasteiger partial charge in [0.25, 0.3) is 0 Å². The summed E-state index contributed by atoms with van der Waals surface area (Å²) in [6, 6.07) is 0. The van der Waals surface area contributed by atoms with E-state index in [0.29, 0.717) is 13.1 Å². The lowest BCUT2D eigenvalue weighted by Gasteiger charge is -2.22. The highest BCUT2D eigenvalue weighted by atomic mass is 16.6. The van der Waals surface area contributed by atoms with Crippen molar-refractivity contribution in [3.63, 3.8) is 0 Å². The van der Waals surface area contributed by atoms with Crippen molar-refractivity contribution >= 4 is 18.3 Å². The predicted molar refractivity (Wildman–Crippen MR) is 159 cm³/mol. The van der Waals surface area contributed by atoms with Gasteiger partial charge >= 0.3 is 18.3 Å². The lowest BCUT2D eigenvalue weighted by Crippen LogP contribution is -2.42. The molecule has 0 radical (unpaired) electrons. The molecule has 0 saturated carbocycles. The number of ether oxygens (including phenoxy) is 4. The van der Waals surface area contributed by atoms with E-state index in [1.165, 1.54) is 104 Å². The number of rotatable bonds is 25. The highest BCUT2D eigenvalue weighted by molar-refractivity contribution is 5.87. The van der Waals surface area contributed by atoms with Gasteiger partial charge in [0.15, 0.2) is 0 Å². The summed E-state index contributed by atoms with van der Waals surface area (Å²) in [6.45, 7) is 3.16. The zero-order valence-electron chi connectivity index (χ0n) is 26.2. The van der Waals surface area contributed by atoms with Crippen molar-refractivity contribution in [1.82, 2.24) is 15.1 Å². The number of methoxy groups -OCH3 is 2. The molecule has 0 aliphatic heterocycles. The number of hydrogen-bond donors (Lipinski definition) is 1. The molecule has 0 fully saturated rings. The molecular weight excluding hydrogens is 514 g/mol. The summed E-state index contributed by atoms with van der Waals surface area (Å²) in [5.41, 5.74) is 0. The van der Waals surface area contributed by atoms with Crippen molar-refractivity contribution in [3.05, 3.63) is 0 Å². The Kier molecular flexibility index (Phi) is 25.7. The number of carbonyl (C=O) groups excluding carboxylic acids is 3. The molecule has 10 nitrogen and oxygen atoms in total. The molecular formula is C30H59N3O7. The Morgan fingerprint density at radius 1 is 0.650 bits per heavy atom. The Morgan fingerprint density at radius 3 is 1.57 bits per heavy atom. The minimum Gasteiger partial charge on any atom is -0.452 e. The minimum absolute atomic E-state index is 0.0789. The average Bonchev–Trinajstić information content (AvgIpc) is 2.94. The Morgan fingerprint density at radius 2 is 1.12 bits per heavy atom. The number of imide groups is 1. The molecule has 0 rings (SSSR count). The second-order valence-corrected chi connectivity index (χ2v) is 10.7. The fraction of sp³-hybridized carbons (Fsp3) is 0.900. The van der Waals surface area contributed by atoms with Crippen LogP contribution in [0.3, 0.4) is 0 Å². The van der Waals surface area contributed by atoms with Gasteiger partial charge in [0.2, 0.25) is 0 Å². The number of unbranched alkanes of at least 4 members (excludes halogenated alkanes) is 15. The zero-order chi connectivity index (χ0) is 29.8. The highest BCUT2D eigenvalue weighted by Crippen LogP contribution is 2.13. The number of amides is 3. The second kappa shape index (κ2) is 27.1. The molecule has 1 unspecified atom stereocenters. The summed E-state index contributed by atoms with van der Waals surface area (Å²) in [4.78, 5) is 38.8. The number of hydrogen-bond acceptors (Lipinski definition) is 8. The van der Waals surface area contributed by atoms with Crippen LogP contribution in [0.4, 0.5) is 14.4 Å². The van der Waals surface area contributed by atoms with E-state index in [-0.39, 0.29) is 19.8 Å². The molecule has 0 saturated heterocycles. The largest absolute Gasteiger partial charge is 0.452 e.